The number of furan rings is 1. The Morgan fingerprint density at radius 3 is 2.92 bits per heavy atom. The molecule has 6 atom stereocenters. The highest BCUT2D eigenvalue weighted by Crippen LogP contribution is 2.65. The fraction of sp³-hybridized carbons (Fsp3) is 0.650. The molecule has 1 aromatic rings. The van der Waals surface area contributed by atoms with E-state index < -0.39 is 23.0 Å². The summed E-state index contributed by atoms with van der Waals surface area (Å²) in [5.41, 5.74) is -0.231. The first kappa shape index (κ1) is 17.8. The van der Waals surface area contributed by atoms with Crippen LogP contribution in [0.4, 0.5) is 0 Å². The fourth-order valence-electron chi connectivity index (χ4n) is 5.85. The maximum Gasteiger partial charge on any atom is 0.312 e. The van der Waals surface area contributed by atoms with Gasteiger partial charge in [-0.05, 0) is 49.2 Å². The lowest BCUT2D eigenvalue weighted by Crippen LogP contribution is -2.67. The zero-order chi connectivity index (χ0) is 18.5. The topological polar surface area (TPSA) is 100 Å². The van der Waals surface area contributed by atoms with Gasteiger partial charge < -0.3 is 24.5 Å². The SMILES string of the molecule is C[C@@H]1C[C@@H](O)[C@@]23COC(=O)[C@]1(C[C@H](O)c1ccoc1)[C@H]2CCC=C3CO. The number of aliphatic hydroxyl groups excluding tert-OH is 3. The van der Waals surface area contributed by atoms with Crippen LogP contribution in [0, 0.1) is 22.7 Å². The average molecular weight is 362 g/mol. The Kier molecular flexibility index (Phi) is 4.25. The van der Waals surface area contributed by atoms with Crippen LogP contribution in [0.3, 0.4) is 0 Å². The summed E-state index contributed by atoms with van der Waals surface area (Å²) in [5, 5.41) is 31.7. The summed E-state index contributed by atoms with van der Waals surface area (Å²) < 4.78 is 10.7. The van der Waals surface area contributed by atoms with Gasteiger partial charge in [0.1, 0.15) is 6.61 Å². The third-order valence-electron chi connectivity index (χ3n) is 7.19. The van der Waals surface area contributed by atoms with Crippen molar-refractivity contribution in [2.45, 2.75) is 44.8 Å². The first-order valence-corrected chi connectivity index (χ1v) is 9.32. The van der Waals surface area contributed by atoms with E-state index in [1.165, 1.54) is 12.5 Å². The molecule has 4 rings (SSSR count). The highest BCUT2D eigenvalue weighted by molar-refractivity contribution is 5.80. The van der Waals surface area contributed by atoms with Gasteiger partial charge in [0.25, 0.3) is 0 Å². The van der Waals surface area contributed by atoms with Gasteiger partial charge in [-0.15, -0.1) is 0 Å². The lowest BCUT2D eigenvalue weighted by atomic mass is 9.43. The number of carbonyl (C=O) groups excluding carboxylic acids is 1. The minimum atomic E-state index is -0.886. The van der Waals surface area contributed by atoms with E-state index in [1.54, 1.807) is 6.07 Å². The first-order valence-electron chi connectivity index (χ1n) is 9.32. The number of aliphatic hydroxyl groups is 3. The molecule has 1 aliphatic heterocycles. The van der Waals surface area contributed by atoms with E-state index >= 15 is 0 Å². The molecule has 2 aliphatic carbocycles. The normalized spacial score (nSPS) is 40.4. The molecule has 0 radical (unpaired) electrons. The average Bonchev–Trinajstić information content (AvgIpc) is 3.17. The molecule has 6 nitrogen and oxygen atoms in total. The Bertz CT molecular complexity index is 710. The fourth-order valence-corrected chi connectivity index (χ4v) is 5.85. The molecule has 2 fully saturated rings. The zero-order valence-electron chi connectivity index (χ0n) is 14.9. The van der Waals surface area contributed by atoms with Crippen LogP contribution in [0.25, 0.3) is 0 Å². The molecule has 1 saturated heterocycles. The number of esters is 1. The zero-order valence-corrected chi connectivity index (χ0v) is 14.9. The molecule has 0 aromatic carbocycles. The van der Waals surface area contributed by atoms with Crippen molar-refractivity contribution in [2.24, 2.45) is 22.7 Å². The third kappa shape index (κ3) is 2.19. The molecule has 142 valence electrons. The minimum Gasteiger partial charge on any atom is -0.472 e. The Hall–Kier alpha value is -1.63. The van der Waals surface area contributed by atoms with Gasteiger partial charge in [0.05, 0.1) is 42.2 Å². The molecule has 2 heterocycles. The number of carbonyl (C=O) groups is 1. The van der Waals surface area contributed by atoms with Crippen molar-refractivity contribution in [3.05, 3.63) is 35.8 Å². The summed E-state index contributed by atoms with van der Waals surface area (Å²) >= 11 is 0. The van der Waals surface area contributed by atoms with Gasteiger partial charge in [-0.25, -0.2) is 0 Å². The number of ether oxygens (including phenoxy) is 1. The molecular weight excluding hydrogens is 336 g/mol. The lowest BCUT2D eigenvalue weighted by Gasteiger charge is -2.63. The van der Waals surface area contributed by atoms with Crippen LogP contribution in [0.15, 0.2) is 34.7 Å². The maximum absolute atomic E-state index is 13.1. The minimum absolute atomic E-state index is 0.0976. The Morgan fingerprint density at radius 2 is 2.23 bits per heavy atom. The second kappa shape index (κ2) is 6.22. The quantitative estimate of drug-likeness (QED) is 0.559. The van der Waals surface area contributed by atoms with E-state index in [9.17, 15) is 20.1 Å². The summed E-state index contributed by atoms with van der Waals surface area (Å²) in [6, 6.07) is 1.70. The number of hydrogen-bond donors (Lipinski definition) is 3. The monoisotopic (exact) mass is 362 g/mol. The molecule has 26 heavy (non-hydrogen) atoms. The molecule has 1 saturated carbocycles. The van der Waals surface area contributed by atoms with Gasteiger partial charge in [0.15, 0.2) is 0 Å². The van der Waals surface area contributed by atoms with Crippen LogP contribution in [-0.4, -0.2) is 40.6 Å². The molecule has 3 N–H and O–H groups in total. The van der Waals surface area contributed by atoms with Crippen molar-refractivity contribution in [3.63, 3.8) is 0 Å². The van der Waals surface area contributed by atoms with E-state index in [-0.39, 0.29) is 37.4 Å². The molecule has 6 heteroatoms. The largest absolute Gasteiger partial charge is 0.472 e. The second-order valence-corrected chi connectivity index (χ2v) is 8.10. The summed E-state index contributed by atoms with van der Waals surface area (Å²) in [6.07, 6.45) is 5.60. The number of hydrogen-bond acceptors (Lipinski definition) is 6. The van der Waals surface area contributed by atoms with Crippen molar-refractivity contribution in [1.29, 1.82) is 0 Å². The third-order valence-corrected chi connectivity index (χ3v) is 7.19. The smallest absolute Gasteiger partial charge is 0.312 e. The van der Waals surface area contributed by atoms with Crippen molar-refractivity contribution in [3.8, 4) is 0 Å². The highest BCUT2D eigenvalue weighted by Gasteiger charge is 2.69. The Morgan fingerprint density at radius 1 is 1.42 bits per heavy atom. The van der Waals surface area contributed by atoms with E-state index in [0.29, 0.717) is 12.0 Å². The number of cyclic esters (lactones) is 1. The van der Waals surface area contributed by atoms with Crippen LogP contribution >= 0.6 is 0 Å². The van der Waals surface area contributed by atoms with E-state index in [4.69, 9.17) is 9.15 Å². The highest BCUT2D eigenvalue weighted by atomic mass is 16.5. The molecule has 0 amide bonds. The van der Waals surface area contributed by atoms with Crippen molar-refractivity contribution in [2.75, 3.05) is 13.2 Å². The molecule has 0 unspecified atom stereocenters. The van der Waals surface area contributed by atoms with Gasteiger partial charge in [-0.2, -0.15) is 0 Å². The molecule has 3 aliphatic rings. The first-order chi connectivity index (χ1) is 12.5. The van der Waals surface area contributed by atoms with Gasteiger partial charge in [-0.3, -0.25) is 4.79 Å². The molecule has 1 aromatic heterocycles. The van der Waals surface area contributed by atoms with Crippen LogP contribution in [0.1, 0.15) is 44.3 Å². The Balaban J connectivity index is 1.80. The van der Waals surface area contributed by atoms with Crippen LogP contribution < -0.4 is 0 Å². The molecule has 2 bridgehead atoms. The van der Waals surface area contributed by atoms with Gasteiger partial charge in [0, 0.05) is 5.56 Å². The summed E-state index contributed by atoms with van der Waals surface area (Å²) in [7, 11) is 0. The standard InChI is InChI=1S/C20H26O6/c1-12-7-17(23)20-11-26-18(24)19(12,8-15(22)13-5-6-25-10-13)16(20)4-2-3-14(20)9-21/h3,5-6,10,12,15-17,21-23H,2,4,7-9,11H2,1H3/t12-,15+,16-,17-,19+,20-/m1/s1. The van der Waals surface area contributed by atoms with E-state index in [0.717, 1.165) is 18.4 Å². The van der Waals surface area contributed by atoms with Crippen LogP contribution in [0.5, 0.6) is 0 Å². The summed E-state index contributed by atoms with van der Waals surface area (Å²) in [5.74, 6) is -0.592. The summed E-state index contributed by atoms with van der Waals surface area (Å²) in [4.78, 5) is 13.1. The van der Waals surface area contributed by atoms with Gasteiger partial charge >= 0.3 is 5.97 Å². The number of rotatable bonds is 4. The van der Waals surface area contributed by atoms with Crippen LogP contribution in [0.2, 0.25) is 0 Å². The lowest BCUT2D eigenvalue weighted by molar-refractivity contribution is -0.232. The number of allylic oxidation sites excluding steroid dienone is 1. The predicted octanol–water partition coefficient (Wildman–Crippen LogP) is 1.96. The maximum atomic E-state index is 13.1. The van der Waals surface area contributed by atoms with E-state index in [2.05, 4.69) is 0 Å². The van der Waals surface area contributed by atoms with Crippen LogP contribution in [-0.2, 0) is 9.53 Å². The van der Waals surface area contributed by atoms with E-state index in [1.807, 2.05) is 13.0 Å². The van der Waals surface area contributed by atoms with Crippen molar-refractivity contribution in [1.82, 2.24) is 0 Å². The van der Waals surface area contributed by atoms with Crippen molar-refractivity contribution >= 4 is 5.97 Å². The van der Waals surface area contributed by atoms with Crippen molar-refractivity contribution < 1.29 is 29.3 Å². The molecule has 0 spiro atoms. The Labute approximate surface area is 152 Å². The second-order valence-electron chi connectivity index (χ2n) is 8.10. The van der Waals surface area contributed by atoms with Gasteiger partial charge in [0.2, 0.25) is 0 Å². The molecular formula is C20H26O6. The predicted molar refractivity (Wildman–Crippen MR) is 91.8 cm³/mol. The van der Waals surface area contributed by atoms with Gasteiger partial charge in [-0.1, -0.05) is 13.0 Å². The summed E-state index contributed by atoms with van der Waals surface area (Å²) in [6.45, 7) is 1.90.